The van der Waals surface area contributed by atoms with E-state index in [2.05, 4.69) is 5.32 Å². The van der Waals surface area contributed by atoms with Crippen LogP contribution in [0, 0.1) is 11.7 Å². The first kappa shape index (κ1) is 19.2. The van der Waals surface area contributed by atoms with Crippen LogP contribution in [0.3, 0.4) is 0 Å². The van der Waals surface area contributed by atoms with E-state index < -0.39 is 0 Å². The number of carbonyl (C=O) groups excluding carboxylic acids is 1. The lowest BCUT2D eigenvalue weighted by Gasteiger charge is -2.11. The number of halogens is 2. The van der Waals surface area contributed by atoms with Crippen LogP contribution >= 0.6 is 24.2 Å². The number of nitrogens with two attached hydrogens (primary N) is 1. The summed E-state index contributed by atoms with van der Waals surface area (Å²) in [4.78, 5) is 12.7. The van der Waals surface area contributed by atoms with Gasteiger partial charge in [0, 0.05) is 23.1 Å². The normalized spacial score (nSPS) is 11.6. The van der Waals surface area contributed by atoms with Crippen LogP contribution in [0.1, 0.15) is 19.8 Å². The zero-order valence-electron chi connectivity index (χ0n) is 11.6. The van der Waals surface area contributed by atoms with Gasteiger partial charge in [0.2, 0.25) is 5.91 Å². The SMILES string of the molecule is CC(CSc1ccc(F)cc1)C(=O)NCCCCN.Cl. The van der Waals surface area contributed by atoms with Gasteiger partial charge >= 0.3 is 0 Å². The molecule has 0 bridgehead atoms. The summed E-state index contributed by atoms with van der Waals surface area (Å²) in [6, 6.07) is 6.32. The van der Waals surface area contributed by atoms with Gasteiger partial charge in [0.1, 0.15) is 5.82 Å². The number of benzene rings is 1. The van der Waals surface area contributed by atoms with E-state index in [0.29, 0.717) is 18.8 Å². The Balaban J connectivity index is 0.00000361. The summed E-state index contributed by atoms with van der Waals surface area (Å²) in [6.45, 7) is 3.24. The summed E-state index contributed by atoms with van der Waals surface area (Å²) in [5.41, 5.74) is 5.39. The van der Waals surface area contributed by atoms with Crippen LogP contribution in [0.2, 0.25) is 0 Å². The third kappa shape index (κ3) is 7.72. The highest BCUT2D eigenvalue weighted by atomic mass is 35.5. The van der Waals surface area contributed by atoms with Gasteiger partial charge in [-0.15, -0.1) is 24.2 Å². The maximum atomic E-state index is 12.7. The van der Waals surface area contributed by atoms with Gasteiger partial charge < -0.3 is 11.1 Å². The number of unbranched alkanes of at least 4 members (excludes halogenated alkanes) is 1. The number of amides is 1. The van der Waals surface area contributed by atoms with Crippen molar-refractivity contribution >= 4 is 30.1 Å². The van der Waals surface area contributed by atoms with Crippen molar-refractivity contribution in [3.63, 3.8) is 0 Å². The van der Waals surface area contributed by atoms with E-state index in [1.165, 1.54) is 12.1 Å². The Hall–Kier alpha value is -0.780. The number of thioether (sulfide) groups is 1. The summed E-state index contributed by atoms with van der Waals surface area (Å²) < 4.78 is 12.7. The second-order valence-electron chi connectivity index (χ2n) is 4.45. The molecule has 1 rings (SSSR count). The van der Waals surface area contributed by atoms with Gasteiger partial charge in [-0.3, -0.25) is 4.79 Å². The van der Waals surface area contributed by atoms with Crippen LogP contribution in [0.15, 0.2) is 29.2 Å². The summed E-state index contributed by atoms with van der Waals surface area (Å²) in [5, 5.41) is 2.89. The molecule has 0 radical (unpaired) electrons. The lowest BCUT2D eigenvalue weighted by Crippen LogP contribution is -2.31. The molecule has 0 fully saturated rings. The molecule has 0 aliphatic rings. The van der Waals surface area contributed by atoms with Crippen LogP contribution in [0.4, 0.5) is 4.39 Å². The monoisotopic (exact) mass is 320 g/mol. The van der Waals surface area contributed by atoms with Crippen molar-refractivity contribution < 1.29 is 9.18 Å². The summed E-state index contributed by atoms with van der Waals surface area (Å²) in [7, 11) is 0. The Morgan fingerprint density at radius 1 is 1.35 bits per heavy atom. The summed E-state index contributed by atoms with van der Waals surface area (Å²) in [5.74, 6) is 0.448. The maximum Gasteiger partial charge on any atom is 0.223 e. The fourth-order valence-electron chi connectivity index (χ4n) is 1.48. The number of hydrogen-bond acceptors (Lipinski definition) is 3. The Bertz CT molecular complexity index is 389. The van der Waals surface area contributed by atoms with Gasteiger partial charge in [0.25, 0.3) is 0 Å². The fraction of sp³-hybridized carbons (Fsp3) is 0.500. The largest absolute Gasteiger partial charge is 0.356 e. The summed E-state index contributed by atoms with van der Waals surface area (Å²) >= 11 is 1.56. The van der Waals surface area contributed by atoms with Crippen molar-refractivity contribution in [2.75, 3.05) is 18.8 Å². The van der Waals surface area contributed by atoms with E-state index in [0.717, 1.165) is 17.7 Å². The van der Waals surface area contributed by atoms with E-state index >= 15 is 0 Å². The van der Waals surface area contributed by atoms with Crippen LogP contribution in [0.25, 0.3) is 0 Å². The molecule has 114 valence electrons. The molecule has 1 aromatic carbocycles. The second kappa shape index (κ2) is 10.9. The molecule has 6 heteroatoms. The van der Waals surface area contributed by atoms with Crippen LogP contribution in [-0.4, -0.2) is 24.7 Å². The smallest absolute Gasteiger partial charge is 0.223 e. The van der Waals surface area contributed by atoms with Gasteiger partial charge in [0.15, 0.2) is 0 Å². The van der Waals surface area contributed by atoms with E-state index in [9.17, 15) is 9.18 Å². The molecule has 1 unspecified atom stereocenters. The third-order valence-corrected chi connectivity index (χ3v) is 3.96. The standard InChI is InChI=1S/C14H21FN2OS.ClH/c1-11(14(18)17-9-3-2-8-16)10-19-13-6-4-12(15)5-7-13;/h4-7,11H,2-3,8-10,16H2,1H3,(H,17,18);1H. The first-order chi connectivity index (χ1) is 9.13. The first-order valence-electron chi connectivity index (χ1n) is 6.49. The molecule has 0 aliphatic heterocycles. The third-order valence-electron chi connectivity index (χ3n) is 2.69. The number of hydrogen-bond donors (Lipinski definition) is 2. The highest BCUT2D eigenvalue weighted by Gasteiger charge is 2.12. The second-order valence-corrected chi connectivity index (χ2v) is 5.55. The molecule has 0 spiro atoms. The lowest BCUT2D eigenvalue weighted by atomic mass is 10.2. The molecule has 1 atom stereocenters. The topological polar surface area (TPSA) is 55.1 Å². The molecule has 0 aromatic heterocycles. The van der Waals surface area contributed by atoms with E-state index in [1.807, 2.05) is 6.92 Å². The molecule has 20 heavy (non-hydrogen) atoms. The molecule has 3 N–H and O–H groups in total. The molecule has 0 saturated carbocycles. The minimum absolute atomic E-state index is 0. The number of rotatable bonds is 8. The fourth-order valence-corrected chi connectivity index (χ4v) is 2.41. The molecular weight excluding hydrogens is 299 g/mol. The molecule has 0 aliphatic carbocycles. The summed E-state index contributed by atoms with van der Waals surface area (Å²) in [6.07, 6.45) is 1.85. The Morgan fingerprint density at radius 2 is 2.00 bits per heavy atom. The van der Waals surface area contributed by atoms with Gasteiger partial charge in [-0.1, -0.05) is 6.92 Å². The van der Waals surface area contributed by atoms with Gasteiger partial charge in [-0.05, 0) is 43.7 Å². The quantitative estimate of drug-likeness (QED) is 0.572. The van der Waals surface area contributed by atoms with E-state index in [1.54, 1.807) is 23.9 Å². The Morgan fingerprint density at radius 3 is 2.60 bits per heavy atom. The lowest BCUT2D eigenvalue weighted by molar-refractivity contribution is -0.123. The minimum atomic E-state index is -0.241. The molecule has 1 aromatic rings. The molecule has 0 saturated heterocycles. The van der Waals surface area contributed by atoms with Gasteiger partial charge in [0.05, 0.1) is 0 Å². The van der Waals surface area contributed by atoms with Crippen LogP contribution in [-0.2, 0) is 4.79 Å². The average Bonchev–Trinajstić information content (AvgIpc) is 2.42. The zero-order valence-corrected chi connectivity index (χ0v) is 13.2. The number of carbonyl (C=O) groups is 1. The highest BCUT2D eigenvalue weighted by molar-refractivity contribution is 7.99. The van der Waals surface area contributed by atoms with Crippen molar-refractivity contribution in [2.45, 2.75) is 24.7 Å². The highest BCUT2D eigenvalue weighted by Crippen LogP contribution is 2.20. The predicted octanol–water partition coefficient (Wildman–Crippen LogP) is 2.83. The Kier molecular flexibility index (Phi) is 10.5. The first-order valence-corrected chi connectivity index (χ1v) is 7.48. The van der Waals surface area contributed by atoms with Crippen molar-refractivity contribution in [1.82, 2.24) is 5.32 Å². The molecule has 3 nitrogen and oxygen atoms in total. The maximum absolute atomic E-state index is 12.7. The number of nitrogens with one attached hydrogen (secondary N) is 1. The van der Waals surface area contributed by atoms with Gasteiger partial charge in [-0.25, -0.2) is 4.39 Å². The van der Waals surface area contributed by atoms with Crippen LogP contribution in [0.5, 0.6) is 0 Å². The van der Waals surface area contributed by atoms with Gasteiger partial charge in [-0.2, -0.15) is 0 Å². The molecule has 0 heterocycles. The minimum Gasteiger partial charge on any atom is -0.356 e. The Labute approximate surface area is 130 Å². The molecule has 1 amide bonds. The van der Waals surface area contributed by atoms with E-state index in [-0.39, 0.29) is 30.0 Å². The van der Waals surface area contributed by atoms with Crippen molar-refractivity contribution in [1.29, 1.82) is 0 Å². The van der Waals surface area contributed by atoms with Crippen LogP contribution < -0.4 is 11.1 Å². The van der Waals surface area contributed by atoms with E-state index in [4.69, 9.17) is 5.73 Å². The van der Waals surface area contributed by atoms with Crippen molar-refractivity contribution in [3.8, 4) is 0 Å². The predicted molar refractivity (Wildman–Crippen MR) is 84.8 cm³/mol. The zero-order chi connectivity index (χ0) is 14.1. The molecular formula is C14H22ClFN2OS. The van der Waals surface area contributed by atoms with Crippen molar-refractivity contribution in [3.05, 3.63) is 30.1 Å². The average molecular weight is 321 g/mol. The van der Waals surface area contributed by atoms with Crippen molar-refractivity contribution in [2.24, 2.45) is 11.7 Å².